The Morgan fingerprint density at radius 2 is 1.83 bits per heavy atom. The number of benzene rings is 2. The molecule has 2 aromatic carbocycles. The van der Waals surface area contributed by atoms with Gasteiger partial charge in [0.1, 0.15) is 0 Å². The minimum Gasteiger partial charge on any atom is -0.387 e. The number of hydrogen-bond acceptors (Lipinski definition) is 3. The van der Waals surface area contributed by atoms with Crippen LogP contribution in [0.1, 0.15) is 35.8 Å². The number of nitrogens with one attached hydrogen (secondary N) is 1. The highest BCUT2D eigenvalue weighted by molar-refractivity contribution is 5.42. The molecule has 0 fully saturated rings. The number of hydrogen-bond donors (Lipinski definition) is 2. The number of aryl methyl sites for hydroxylation is 1. The van der Waals surface area contributed by atoms with Gasteiger partial charge < -0.3 is 10.4 Å². The molecular formula is C20H23N3O. The van der Waals surface area contributed by atoms with Crippen LogP contribution in [-0.2, 0) is 0 Å². The third-order valence-corrected chi connectivity index (χ3v) is 4.23. The van der Waals surface area contributed by atoms with Crippen LogP contribution in [0.3, 0.4) is 0 Å². The van der Waals surface area contributed by atoms with E-state index in [1.165, 1.54) is 5.56 Å². The van der Waals surface area contributed by atoms with E-state index in [4.69, 9.17) is 0 Å². The SMILES string of the molecule is Cc1ccc([C@@H](O)CN[C@H](C)c2ccccc2-n2cccn2)cc1. The van der Waals surface area contributed by atoms with Crippen LogP contribution in [0.15, 0.2) is 67.0 Å². The van der Waals surface area contributed by atoms with Crippen LogP contribution in [0.4, 0.5) is 0 Å². The molecule has 0 saturated carbocycles. The van der Waals surface area contributed by atoms with Crippen molar-refractivity contribution in [3.63, 3.8) is 0 Å². The summed E-state index contributed by atoms with van der Waals surface area (Å²) in [4.78, 5) is 0. The standard InChI is InChI=1S/C20H23N3O/c1-15-8-10-17(11-9-15)20(24)14-21-16(2)18-6-3-4-7-19(18)23-13-5-12-22-23/h3-13,16,20-21,24H,14H2,1-2H3/t16-,20+/m1/s1. The topological polar surface area (TPSA) is 50.1 Å². The maximum atomic E-state index is 10.4. The molecule has 1 heterocycles. The molecule has 0 aliphatic rings. The fraction of sp³-hybridized carbons (Fsp3) is 0.250. The molecule has 0 aliphatic heterocycles. The molecule has 4 nitrogen and oxygen atoms in total. The maximum absolute atomic E-state index is 10.4. The summed E-state index contributed by atoms with van der Waals surface area (Å²) in [7, 11) is 0. The molecule has 0 bridgehead atoms. The van der Waals surface area contributed by atoms with E-state index in [1.807, 2.05) is 60.3 Å². The Morgan fingerprint density at radius 3 is 2.54 bits per heavy atom. The van der Waals surface area contributed by atoms with E-state index in [-0.39, 0.29) is 6.04 Å². The second kappa shape index (κ2) is 7.43. The molecule has 4 heteroatoms. The molecule has 0 unspecified atom stereocenters. The molecule has 0 saturated heterocycles. The van der Waals surface area contributed by atoms with Crippen LogP contribution < -0.4 is 5.32 Å². The number of nitrogens with zero attached hydrogens (tertiary/aromatic N) is 2. The summed E-state index contributed by atoms with van der Waals surface area (Å²) >= 11 is 0. The Balaban J connectivity index is 1.69. The van der Waals surface area contributed by atoms with Crippen molar-refractivity contribution >= 4 is 0 Å². The summed E-state index contributed by atoms with van der Waals surface area (Å²) in [6, 6.07) is 18.2. The molecule has 1 aromatic heterocycles. The second-order valence-electron chi connectivity index (χ2n) is 6.07. The quantitative estimate of drug-likeness (QED) is 0.730. The van der Waals surface area contributed by atoms with Crippen LogP contribution >= 0.6 is 0 Å². The molecule has 0 aliphatic carbocycles. The molecule has 3 aromatic rings. The van der Waals surface area contributed by atoms with E-state index in [2.05, 4.69) is 29.5 Å². The zero-order chi connectivity index (χ0) is 16.9. The number of rotatable bonds is 6. The van der Waals surface area contributed by atoms with Crippen molar-refractivity contribution in [2.45, 2.75) is 26.0 Å². The molecule has 124 valence electrons. The smallest absolute Gasteiger partial charge is 0.0914 e. The third-order valence-electron chi connectivity index (χ3n) is 4.23. The van der Waals surface area contributed by atoms with Crippen molar-refractivity contribution in [2.75, 3.05) is 6.54 Å². The van der Waals surface area contributed by atoms with Crippen molar-refractivity contribution in [2.24, 2.45) is 0 Å². The van der Waals surface area contributed by atoms with Gasteiger partial charge in [-0.1, -0.05) is 48.0 Å². The highest BCUT2D eigenvalue weighted by Crippen LogP contribution is 2.22. The van der Waals surface area contributed by atoms with Gasteiger partial charge in [-0.2, -0.15) is 5.10 Å². The molecule has 3 rings (SSSR count). The lowest BCUT2D eigenvalue weighted by Gasteiger charge is -2.20. The van der Waals surface area contributed by atoms with Crippen LogP contribution in [0.5, 0.6) is 0 Å². The van der Waals surface area contributed by atoms with Gasteiger partial charge in [-0.05, 0) is 37.1 Å². The minimum absolute atomic E-state index is 0.102. The summed E-state index contributed by atoms with van der Waals surface area (Å²) in [6.07, 6.45) is 3.19. The van der Waals surface area contributed by atoms with E-state index >= 15 is 0 Å². The number of aliphatic hydroxyl groups excluding tert-OH is 1. The number of aliphatic hydroxyl groups is 1. The lowest BCUT2D eigenvalue weighted by atomic mass is 10.0. The Bertz CT molecular complexity index is 766. The Hall–Kier alpha value is -2.43. The van der Waals surface area contributed by atoms with E-state index in [9.17, 15) is 5.11 Å². The van der Waals surface area contributed by atoms with Crippen LogP contribution in [0.2, 0.25) is 0 Å². The fourth-order valence-corrected chi connectivity index (χ4v) is 2.78. The van der Waals surface area contributed by atoms with E-state index in [1.54, 1.807) is 6.20 Å². The van der Waals surface area contributed by atoms with Crippen molar-refractivity contribution in [3.05, 3.63) is 83.7 Å². The van der Waals surface area contributed by atoms with Gasteiger partial charge in [-0.25, -0.2) is 4.68 Å². The van der Waals surface area contributed by atoms with Crippen molar-refractivity contribution in [1.29, 1.82) is 0 Å². The molecule has 0 spiro atoms. The predicted molar refractivity (Wildman–Crippen MR) is 96.1 cm³/mol. The average molecular weight is 321 g/mol. The Labute approximate surface area is 142 Å². The number of aromatic nitrogens is 2. The monoisotopic (exact) mass is 321 g/mol. The molecular weight excluding hydrogens is 298 g/mol. The highest BCUT2D eigenvalue weighted by Gasteiger charge is 2.14. The Morgan fingerprint density at radius 1 is 1.08 bits per heavy atom. The van der Waals surface area contributed by atoms with Gasteiger partial charge in [0.15, 0.2) is 0 Å². The van der Waals surface area contributed by atoms with Crippen molar-refractivity contribution < 1.29 is 5.11 Å². The van der Waals surface area contributed by atoms with Gasteiger partial charge in [0.05, 0.1) is 11.8 Å². The first-order valence-electron chi connectivity index (χ1n) is 8.22. The highest BCUT2D eigenvalue weighted by atomic mass is 16.3. The number of para-hydroxylation sites is 1. The zero-order valence-corrected chi connectivity index (χ0v) is 14.1. The summed E-state index contributed by atoms with van der Waals surface area (Å²) in [5, 5.41) is 18.1. The summed E-state index contributed by atoms with van der Waals surface area (Å²) in [5.41, 5.74) is 4.32. The average Bonchev–Trinajstić information content (AvgIpc) is 3.14. The predicted octanol–water partition coefficient (Wildman–Crippen LogP) is 3.56. The van der Waals surface area contributed by atoms with E-state index in [0.717, 1.165) is 16.8 Å². The van der Waals surface area contributed by atoms with Gasteiger partial charge in [0.25, 0.3) is 0 Å². The molecule has 2 N–H and O–H groups in total. The summed E-state index contributed by atoms with van der Waals surface area (Å²) in [5.74, 6) is 0. The first-order chi connectivity index (χ1) is 11.6. The zero-order valence-electron chi connectivity index (χ0n) is 14.1. The van der Waals surface area contributed by atoms with Crippen LogP contribution in [-0.4, -0.2) is 21.4 Å². The first kappa shape index (κ1) is 16.4. The van der Waals surface area contributed by atoms with Gasteiger partial charge in [0.2, 0.25) is 0 Å². The fourth-order valence-electron chi connectivity index (χ4n) is 2.78. The van der Waals surface area contributed by atoms with Crippen molar-refractivity contribution in [3.8, 4) is 5.69 Å². The van der Waals surface area contributed by atoms with E-state index in [0.29, 0.717) is 6.54 Å². The lowest BCUT2D eigenvalue weighted by molar-refractivity contribution is 0.171. The molecule has 24 heavy (non-hydrogen) atoms. The van der Waals surface area contributed by atoms with Gasteiger partial charge in [0, 0.05) is 25.0 Å². The van der Waals surface area contributed by atoms with Crippen LogP contribution in [0.25, 0.3) is 5.69 Å². The Kier molecular flexibility index (Phi) is 5.08. The van der Waals surface area contributed by atoms with E-state index < -0.39 is 6.10 Å². The van der Waals surface area contributed by atoms with Gasteiger partial charge in [-0.3, -0.25) is 0 Å². The maximum Gasteiger partial charge on any atom is 0.0914 e. The lowest BCUT2D eigenvalue weighted by Crippen LogP contribution is -2.25. The van der Waals surface area contributed by atoms with Gasteiger partial charge >= 0.3 is 0 Å². The minimum atomic E-state index is -0.523. The normalized spacial score (nSPS) is 13.6. The summed E-state index contributed by atoms with van der Waals surface area (Å²) in [6.45, 7) is 4.64. The molecule has 2 atom stereocenters. The summed E-state index contributed by atoms with van der Waals surface area (Å²) < 4.78 is 1.86. The second-order valence-corrected chi connectivity index (χ2v) is 6.07. The third kappa shape index (κ3) is 3.72. The first-order valence-corrected chi connectivity index (χ1v) is 8.22. The molecule has 0 radical (unpaired) electrons. The van der Waals surface area contributed by atoms with Crippen LogP contribution in [0, 0.1) is 6.92 Å². The molecule has 0 amide bonds. The largest absolute Gasteiger partial charge is 0.387 e. The van der Waals surface area contributed by atoms with Crippen molar-refractivity contribution in [1.82, 2.24) is 15.1 Å². The van der Waals surface area contributed by atoms with Gasteiger partial charge in [-0.15, -0.1) is 0 Å².